The van der Waals surface area contributed by atoms with Gasteiger partial charge >= 0.3 is 0 Å². The molecule has 0 radical (unpaired) electrons. The second-order valence-electron chi connectivity index (χ2n) is 3.98. The predicted molar refractivity (Wildman–Crippen MR) is 77.4 cm³/mol. The van der Waals surface area contributed by atoms with Crippen LogP contribution in [0.15, 0.2) is 35.8 Å². The molecule has 0 unspecified atom stereocenters. The molecule has 0 fully saturated rings. The van der Waals surface area contributed by atoms with Crippen molar-refractivity contribution in [3.8, 4) is 5.75 Å². The number of benzene rings is 1. The molecule has 1 amide bonds. The lowest BCUT2D eigenvalue weighted by molar-refractivity contribution is -0.117. The van der Waals surface area contributed by atoms with Crippen LogP contribution in [0.3, 0.4) is 0 Å². The molecule has 0 aliphatic rings. The molecule has 0 spiro atoms. The number of aromatic nitrogens is 1. The number of fused-ring (bicyclic) bond motifs is 1. The van der Waals surface area contributed by atoms with Crippen molar-refractivity contribution in [2.45, 2.75) is 19.9 Å². The summed E-state index contributed by atoms with van der Waals surface area (Å²) < 4.78 is 8.24. The van der Waals surface area contributed by atoms with E-state index in [1.807, 2.05) is 22.8 Å². The van der Waals surface area contributed by atoms with Crippen molar-refractivity contribution < 1.29 is 9.53 Å². The van der Waals surface area contributed by atoms with Crippen LogP contribution in [0, 0.1) is 0 Å². The van der Waals surface area contributed by atoms with Gasteiger partial charge in [-0.05, 0) is 18.2 Å². The van der Waals surface area contributed by atoms with Crippen LogP contribution in [0.4, 0.5) is 0 Å². The Morgan fingerprint density at radius 2 is 2.37 bits per heavy atom. The highest BCUT2D eigenvalue weighted by Gasteiger charge is 2.07. The van der Waals surface area contributed by atoms with Gasteiger partial charge in [0.2, 0.25) is 5.91 Å². The maximum absolute atomic E-state index is 11.5. The number of carbonyl (C=O) groups is 1. The van der Waals surface area contributed by atoms with Crippen molar-refractivity contribution >= 4 is 27.5 Å². The molecule has 100 valence electrons. The molecule has 1 heterocycles. The van der Waals surface area contributed by atoms with Crippen LogP contribution in [-0.2, 0) is 11.3 Å². The number of carbonyl (C=O) groups excluding carboxylic acids is 1. The van der Waals surface area contributed by atoms with E-state index in [0.717, 1.165) is 16.0 Å². The maximum atomic E-state index is 11.5. The zero-order chi connectivity index (χ0) is 13.8. The largest absolute Gasteiger partial charge is 0.497 e. The summed E-state index contributed by atoms with van der Waals surface area (Å²) in [6.45, 7) is 6.18. The topological polar surface area (TPSA) is 43.6 Å². The van der Waals surface area contributed by atoms with Crippen LogP contribution in [0.25, 0.3) is 10.2 Å². The Balaban J connectivity index is 2.68. The third-order valence-corrected chi connectivity index (χ3v) is 3.77. The first kappa shape index (κ1) is 13.5. The van der Waals surface area contributed by atoms with Crippen LogP contribution in [0.1, 0.15) is 13.3 Å². The molecular formula is C14H16N2O2S. The lowest BCUT2D eigenvalue weighted by atomic mass is 10.3. The summed E-state index contributed by atoms with van der Waals surface area (Å²) in [7, 11) is 1.64. The predicted octanol–water partition coefficient (Wildman–Crippen LogP) is 2.73. The zero-order valence-corrected chi connectivity index (χ0v) is 11.9. The molecule has 0 N–H and O–H groups in total. The smallest absolute Gasteiger partial charge is 0.248 e. The number of amides is 1. The first-order valence-corrected chi connectivity index (χ1v) is 6.87. The maximum Gasteiger partial charge on any atom is 0.248 e. The van der Waals surface area contributed by atoms with Crippen molar-refractivity contribution in [3.63, 3.8) is 0 Å². The quantitative estimate of drug-likeness (QED) is 0.806. The second-order valence-corrected chi connectivity index (χ2v) is 4.99. The molecule has 0 aliphatic carbocycles. The molecule has 0 bridgehead atoms. The SMILES string of the molecule is C=CCn1c(=NC(=O)CC)sc2cc(OC)ccc21. The number of allylic oxidation sites excluding steroid dienone is 1. The molecule has 5 heteroatoms. The fraction of sp³-hybridized carbons (Fsp3) is 0.286. The highest BCUT2D eigenvalue weighted by atomic mass is 32.1. The van der Waals surface area contributed by atoms with E-state index >= 15 is 0 Å². The van der Waals surface area contributed by atoms with E-state index < -0.39 is 0 Å². The summed E-state index contributed by atoms with van der Waals surface area (Å²) in [6.07, 6.45) is 2.21. The van der Waals surface area contributed by atoms with Gasteiger partial charge in [0.15, 0.2) is 4.80 Å². The van der Waals surface area contributed by atoms with Gasteiger partial charge in [-0.3, -0.25) is 4.79 Å². The van der Waals surface area contributed by atoms with Gasteiger partial charge in [-0.15, -0.1) is 6.58 Å². The minimum atomic E-state index is -0.115. The van der Waals surface area contributed by atoms with E-state index in [9.17, 15) is 4.79 Å². The highest BCUT2D eigenvalue weighted by Crippen LogP contribution is 2.23. The van der Waals surface area contributed by atoms with Gasteiger partial charge in [-0.1, -0.05) is 24.3 Å². The number of methoxy groups -OCH3 is 1. The van der Waals surface area contributed by atoms with Crippen molar-refractivity contribution in [1.29, 1.82) is 0 Å². The van der Waals surface area contributed by atoms with E-state index in [0.29, 0.717) is 17.8 Å². The highest BCUT2D eigenvalue weighted by molar-refractivity contribution is 7.16. The number of nitrogens with zero attached hydrogens (tertiary/aromatic N) is 2. The van der Waals surface area contributed by atoms with Crippen LogP contribution < -0.4 is 9.54 Å². The molecule has 0 saturated heterocycles. The lowest BCUT2D eigenvalue weighted by Crippen LogP contribution is -2.15. The monoisotopic (exact) mass is 276 g/mol. The summed E-state index contributed by atoms with van der Waals surface area (Å²) in [5.74, 6) is 0.684. The van der Waals surface area contributed by atoms with Gasteiger partial charge in [-0.2, -0.15) is 4.99 Å². The van der Waals surface area contributed by atoms with Gasteiger partial charge in [0.05, 0.1) is 17.3 Å². The van der Waals surface area contributed by atoms with Gasteiger partial charge in [0, 0.05) is 13.0 Å². The van der Waals surface area contributed by atoms with Gasteiger partial charge < -0.3 is 9.30 Å². The molecular weight excluding hydrogens is 260 g/mol. The average Bonchev–Trinajstić information content (AvgIpc) is 2.76. The molecule has 1 aromatic carbocycles. The molecule has 0 atom stereocenters. The van der Waals surface area contributed by atoms with Crippen molar-refractivity contribution in [1.82, 2.24) is 4.57 Å². The Bertz CT molecular complexity index is 682. The molecule has 2 aromatic rings. The molecule has 2 rings (SSSR count). The van der Waals surface area contributed by atoms with Gasteiger partial charge in [0.25, 0.3) is 0 Å². The summed E-state index contributed by atoms with van der Waals surface area (Å²) in [5.41, 5.74) is 1.04. The molecule has 0 saturated carbocycles. The Kier molecular flexibility index (Phi) is 4.16. The number of thiazole rings is 1. The van der Waals surface area contributed by atoms with Crippen LogP contribution >= 0.6 is 11.3 Å². The normalized spacial score (nSPS) is 11.8. The molecule has 19 heavy (non-hydrogen) atoms. The van der Waals surface area contributed by atoms with Crippen LogP contribution in [-0.4, -0.2) is 17.6 Å². The summed E-state index contributed by atoms with van der Waals surface area (Å²) in [4.78, 5) is 16.4. The van der Waals surface area contributed by atoms with Gasteiger partial charge in [-0.25, -0.2) is 0 Å². The Morgan fingerprint density at radius 3 is 3.00 bits per heavy atom. The number of rotatable bonds is 4. The van der Waals surface area contributed by atoms with E-state index in [1.165, 1.54) is 11.3 Å². The van der Waals surface area contributed by atoms with Crippen LogP contribution in [0.2, 0.25) is 0 Å². The first-order valence-electron chi connectivity index (χ1n) is 6.05. The Morgan fingerprint density at radius 1 is 1.58 bits per heavy atom. The third-order valence-electron chi connectivity index (χ3n) is 2.72. The number of ether oxygens (including phenoxy) is 1. The molecule has 0 aliphatic heterocycles. The first-order chi connectivity index (χ1) is 9.19. The number of hydrogen-bond donors (Lipinski definition) is 0. The van der Waals surface area contributed by atoms with Crippen molar-refractivity contribution in [2.24, 2.45) is 4.99 Å². The second kappa shape index (κ2) is 5.84. The summed E-state index contributed by atoms with van der Waals surface area (Å²) in [6, 6.07) is 5.83. The molecule has 4 nitrogen and oxygen atoms in total. The van der Waals surface area contributed by atoms with Crippen LogP contribution in [0.5, 0.6) is 5.75 Å². The Hall–Kier alpha value is -1.88. The fourth-order valence-corrected chi connectivity index (χ4v) is 2.84. The Labute approximate surface area is 115 Å². The number of hydrogen-bond acceptors (Lipinski definition) is 3. The van der Waals surface area contributed by atoms with E-state index in [-0.39, 0.29) is 5.91 Å². The summed E-state index contributed by atoms with van der Waals surface area (Å²) >= 11 is 1.48. The molecule has 1 aromatic heterocycles. The average molecular weight is 276 g/mol. The third kappa shape index (κ3) is 2.76. The fourth-order valence-electron chi connectivity index (χ4n) is 1.76. The summed E-state index contributed by atoms with van der Waals surface area (Å²) in [5, 5.41) is 0. The minimum Gasteiger partial charge on any atom is -0.497 e. The standard InChI is InChI=1S/C14H16N2O2S/c1-4-8-16-11-7-6-10(18-3)9-12(11)19-14(16)15-13(17)5-2/h4,6-7,9H,1,5,8H2,2-3H3. The van der Waals surface area contributed by atoms with Crippen molar-refractivity contribution in [3.05, 3.63) is 35.7 Å². The minimum absolute atomic E-state index is 0.115. The van der Waals surface area contributed by atoms with E-state index in [4.69, 9.17) is 4.74 Å². The van der Waals surface area contributed by atoms with E-state index in [2.05, 4.69) is 11.6 Å². The van der Waals surface area contributed by atoms with Gasteiger partial charge in [0.1, 0.15) is 5.75 Å². The van der Waals surface area contributed by atoms with Crippen molar-refractivity contribution in [2.75, 3.05) is 7.11 Å². The van der Waals surface area contributed by atoms with E-state index in [1.54, 1.807) is 20.1 Å². The lowest BCUT2D eigenvalue weighted by Gasteiger charge is -2.02. The zero-order valence-electron chi connectivity index (χ0n) is 11.0.